The van der Waals surface area contributed by atoms with Crippen LogP contribution in [0.3, 0.4) is 0 Å². The molecule has 1 amide bonds. The molecule has 0 aliphatic rings. The summed E-state index contributed by atoms with van der Waals surface area (Å²) in [5.74, 6) is -0.817. The minimum absolute atomic E-state index is 0.0214. The highest BCUT2D eigenvalue weighted by Gasteiger charge is 2.18. The van der Waals surface area contributed by atoms with Crippen LogP contribution in [0.25, 0.3) is 0 Å². The van der Waals surface area contributed by atoms with Crippen LogP contribution in [0, 0.1) is 11.7 Å². The monoisotopic (exact) mass is 195 g/mol. The van der Waals surface area contributed by atoms with Crippen molar-refractivity contribution in [1.82, 2.24) is 0 Å². The van der Waals surface area contributed by atoms with E-state index in [9.17, 15) is 9.18 Å². The summed E-state index contributed by atoms with van der Waals surface area (Å²) >= 11 is 0. The fraction of sp³-hybridized carbons (Fsp3) is 0.364. The van der Waals surface area contributed by atoms with Gasteiger partial charge in [0.25, 0.3) is 0 Å². The van der Waals surface area contributed by atoms with E-state index < -0.39 is 0 Å². The molecule has 0 saturated carbocycles. The molecule has 1 aromatic rings. The Morgan fingerprint density at radius 3 is 2.21 bits per heavy atom. The first-order valence-corrected chi connectivity index (χ1v) is 4.57. The SMILES string of the molecule is CC(C(N)=O)[C@H](C)c1ccc(F)cc1. The lowest BCUT2D eigenvalue weighted by Crippen LogP contribution is -2.24. The van der Waals surface area contributed by atoms with E-state index in [1.165, 1.54) is 12.1 Å². The second-order valence-corrected chi connectivity index (χ2v) is 3.53. The molecule has 1 aromatic carbocycles. The molecule has 0 spiro atoms. The van der Waals surface area contributed by atoms with E-state index in [0.717, 1.165) is 5.56 Å². The molecule has 2 N–H and O–H groups in total. The molecule has 0 bridgehead atoms. The van der Waals surface area contributed by atoms with Crippen molar-refractivity contribution in [3.8, 4) is 0 Å². The lowest BCUT2D eigenvalue weighted by molar-refractivity contribution is -0.121. The second-order valence-electron chi connectivity index (χ2n) is 3.53. The summed E-state index contributed by atoms with van der Waals surface area (Å²) in [6.45, 7) is 3.68. The number of hydrogen-bond acceptors (Lipinski definition) is 1. The van der Waals surface area contributed by atoms with E-state index in [4.69, 9.17) is 5.73 Å². The Labute approximate surface area is 82.9 Å². The lowest BCUT2D eigenvalue weighted by atomic mass is 9.88. The third-order valence-corrected chi connectivity index (χ3v) is 2.59. The summed E-state index contributed by atoms with van der Waals surface area (Å²) in [6.07, 6.45) is 0. The zero-order chi connectivity index (χ0) is 10.7. The Bertz CT molecular complexity index is 321. The van der Waals surface area contributed by atoms with E-state index in [-0.39, 0.29) is 23.6 Å². The van der Waals surface area contributed by atoms with Crippen molar-refractivity contribution in [3.05, 3.63) is 35.6 Å². The molecule has 0 aromatic heterocycles. The lowest BCUT2D eigenvalue weighted by Gasteiger charge is -2.16. The molecule has 0 radical (unpaired) electrons. The molecular weight excluding hydrogens is 181 g/mol. The van der Waals surface area contributed by atoms with Crippen LogP contribution in [0.15, 0.2) is 24.3 Å². The van der Waals surface area contributed by atoms with Crippen molar-refractivity contribution in [2.24, 2.45) is 11.7 Å². The molecule has 1 rings (SSSR count). The third-order valence-electron chi connectivity index (χ3n) is 2.59. The number of hydrogen-bond donors (Lipinski definition) is 1. The number of carbonyl (C=O) groups excluding carboxylic acids is 1. The topological polar surface area (TPSA) is 43.1 Å². The van der Waals surface area contributed by atoms with Gasteiger partial charge in [-0.15, -0.1) is 0 Å². The van der Waals surface area contributed by atoms with Crippen LogP contribution in [0.4, 0.5) is 4.39 Å². The maximum atomic E-state index is 12.6. The van der Waals surface area contributed by atoms with E-state index >= 15 is 0 Å². The van der Waals surface area contributed by atoms with Crippen molar-refractivity contribution in [2.75, 3.05) is 0 Å². The van der Waals surface area contributed by atoms with E-state index in [2.05, 4.69) is 0 Å². The maximum Gasteiger partial charge on any atom is 0.220 e. The molecular formula is C11H14FNO. The summed E-state index contributed by atoms with van der Waals surface area (Å²) in [5, 5.41) is 0. The standard InChI is InChI=1S/C11H14FNO/c1-7(8(2)11(13)14)9-3-5-10(12)6-4-9/h3-8H,1-2H3,(H2,13,14)/t7-,8?/m0/s1. The molecule has 1 unspecified atom stereocenters. The van der Waals surface area contributed by atoms with E-state index in [0.29, 0.717) is 0 Å². The Balaban J connectivity index is 2.84. The van der Waals surface area contributed by atoms with Crippen LogP contribution in [0.2, 0.25) is 0 Å². The van der Waals surface area contributed by atoms with Gasteiger partial charge in [0.1, 0.15) is 5.82 Å². The van der Waals surface area contributed by atoms with Gasteiger partial charge >= 0.3 is 0 Å². The molecule has 3 heteroatoms. The second kappa shape index (κ2) is 4.22. The number of benzene rings is 1. The van der Waals surface area contributed by atoms with Crippen LogP contribution in [0.5, 0.6) is 0 Å². The van der Waals surface area contributed by atoms with Gasteiger partial charge in [-0.2, -0.15) is 0 Å². The molecule has 14 heavy (non-hydrogen) atoms. The Morgan fingerprint density at radius 1 is 1.29 bits per heavy atom. The van der Waals surface area contributed by atoms with Gasteiger partial charge in [-0.25, -0.2) is 4.39 Å². The summed E-state index contributed by atoms with van der Waals surface area (Å²) in [4.78, 5) is 10.9. The van der Waals surface area contributed by atoms with Crippen LogP contribution < -0.4 is 5.73 Å². The minimum atomic E-state index is -0.332. The van der Waals surface area contributed by atoms with Crippen molar-refractivity contribution >= 4 is 5.91 Å². The molecule has 0 aliphatic heterocycles. The van der Waals surface area contributed by atoms with Crippen molar-refractivity contribution < 1.29 is 9.18 Å². The van der Waals surface area contributed by atoms with Crippen LogP contribution in [0.1, 0.15) is 25.3 Å². The van der Waals surface area contributed by atoms with Gasteiger partial charge in [-0.05, 0) is 23.6 Å². The van der Waals surface area contributed by atoms with Gasteiger partial charge in [0.05, 0.1) is 0 Å². The molecule has 0 fully saturated rings. The Kier molecular flexibility index (Phi) is 3.23. The van der Waals surface area contributed by atoms with Crippen molar-refractivity contribution in [2.45, 2.75) is 19.8 Å². The number of primary amides is 1. The van der Waals surface area contributed by atoms with Crippen molar-refractivity contribution in [1.29, 1.82) is 0 Å². The number of nitrogens with two attached hydrogens (primary N) is 1. The quantitative estimate of drug-likeness (QED) is 0.788. The fourth-order valence-corrected chi connectivity index (χ4v) is 1.30. The predicted octanol–water partition coefficient (Wildman–Crippen LogP) is 2.05. The van der Waals surface area contributed by atoms with E-state index in [1.807, 2.05) is 6.92 Å². The highest BCUT2D eigenvalue weighted by molar-refractivity contribution is 5.77. The highest BCUT2D eigenvalue weighted by atomic mass is 19.1. The summed E-state index contributed by atoms with van der Waals surface area (Å²) < 4.78 is 12.6. The zero-order valence-electron chi connectivity index (χ0n) is 8.33. The highest BCUT2D eigenvalue weighted by Crippen LogP contribution is 2.23. The number of rotatable bonds is 3. The predicted molar refractivity (Wildman–Crippen MR) is 53.2 cm³/mol. The average Bonchev–Trinajstić information content (AvgIpc) is 2.16. The molecule has 2 nitrogen and oxygen atoms in total. The third kappa shape index (κ3) is 2.31. The van der Waals surface area contributed by atoms with Gasteiger partial charge in [0, 0.05) is 5.92 Å². The summed E-state index contributed by atoms with van der Waals surface area (Å²) in [6, 6.07) is 6.14. The maximum absolute atomic E-state index is 12.6. The number of halogens is 1. The smallest absolute Gasteiger partial charge is 0.220 e. The molecule has 0 heterocycles. The Morgan fingerprint density at radius 2 is 1.79 bits per heavy atom. The Hall–Kier alpha value is -1.38. The van der Waals surface area contributed by atoms with Gasteiger partial charge in [-0.3, -0.25) is 4.79 Å². The number of carbonyl (C=O) groups is 1. The van der Waals surface area contributed by atoms with E-state index in [1.54, 1.807) is 19.1 Å². The van der Waals surface area contributed by atoms with Crippen molar-refractivity contribution in [3.63, 3.8) is 0 Å². The molecule has 0 saturated heterocycles. The van der Waals surface area contributed by atoms with Gasteiger partial charge in [0.2, 0.25) is 5.91 Å². The largest absolute Gasteiger partial charge is 0.369 e. The first kappa shape index (κ1) is 10.7. The minimum Gasteiger partial charge on any atom is -0.369 e. The van der Waals surface area contributed by atoms with Gasteiger partial charge in [0.15, 0.2) is 0 Å². The van der Waals surface area contributed by atoms with Crippen LogP contribution in [-0.2, 0) is 4.79 Å². The summed E-state index contributed by atoms with van der Waals surface area (Å²) in [7, 11) is 0. The van der Waals surface area contributed by atoms with Crippen LogP contribution in [-0.4, -0.2) is 5.91 Å². The molecule has 76 valence electrons. The van der Waals surface area contributed by atoms with Crippen LogP contribution >= 0.6 is 0 Å². The van der Waals surface area contributed by atoms with Gasteiger partial charge in [-0.1, -0.05) is 26.0 Å². The fourth-order valence-electron chi connectivity index (χ4n) is 1.30. The normalized spacial score (nSPS) is 14.8. The average molecular weight is 195 g/mol. The first-order chi connectivity index (χ1) is 6.52. The molecule has 2 atom stereocenters. The number of amides is 1. The zero-order valence-corrected chi connectivity index (χ0v) is 8.33. The first-order valence-electron chi connectivity index (χ1n) is 4.57. The van der Waals surface area contributed by atoms with Gasteiger partial charge < -0.3 is 5.73 Å². The molecule has 0 aliphatic carbocycles. The summed E-state index contributed by atoms with van der Waals surface area (Å²) in [5.41, 5.74) is 6.12.